The molecule has 3 N–H and O–H groups in total. The van der Waals surface area contributed by atoms with Crippen LogP contribution < -0.4 is 20.7 Å². The first-order valence-electron chi connectivity index (χ1n) is 8.59. The Kier molecular flexibility index (Phi) is 9.11. The Balaban J connectivity index is 1.92. The molecule has 0 aliphatic rings. The highest BCUT2D eigenvalue weighted by atomic mass is 35.6. The van der Waals surface area contributed by atoms with Crippen molar-refractivity contribution >= 4 is 75.3 Å². The maximum absolute atomic E-state index is 12.3. The van der Waals surface area contributed by atoms with Gasteiger partial charge in [-0.25, -0.2) is 0 Å². The summed E-state index contributed by atoms with van der Waals surface area (Å²) < 4.78 is 3.59. The minimum Gasteiger partial charge on any atom is -0.484 e. The van der Waals surface area contributed by atoms with Gasteiger partial charge < -0.3 is 20.7 Å². The van der Waals surface area contributed by atoms with Crippen molar-refractivity contribution in [3.8, 4) is 5.75 Å². The number of benzene rings is 2. The van der Waals surface area contributed by atoms with Crippen LogP contribution >= 0.6 is 58.6 Å². The molecule has 0 spiro atoms. The van der Waals surface area contributed by atoms with E-state index in [0.29, 0.717) is 16.5 Å². The van der Waals surface area contributed by atoms with Crippen LogP contribution in [0.4, 0.5) is 5.69 Å². The van der Waals surface area contributed by atoms with E-state index in [1.54, 1.807) is 36.4 Å². The molecule has 0 aliphatic heterocycles. The van der Waals surface area contributed by atoms with Gasteiger partial charge in [0.2, 0.25) is 3.79 Å². The lowest BCUT2D eigenvalue weighted by Crippen LogP contribution is -2.57. The summed E-state index contributed by atoms with van der Waals surface area (Å²) in [7, 11) is 0. The Morgan fingerprint density at radius 1 is 1.10 bits per heavy atom. The third-order valence-electron chi connectivity index (χ3n) is 3.73. The highest BCUT2D eigenvalue weighted by molar-refractivity contribution is 7.80. The monoisotopic (exact) mass is 493 g/mol. The van der Waals surface area contributed by atoms with Gasteiger partial charge in [-0.15, -0.1) is 0 Å². The first-order valence-corrected chi connectivity index (χ1v) is 10.5. The molecule has 1 atom stereocenters. The highest BCUT2D eigenvalue weighted by Gasteiger charge is 2.34. The van der Waals surface area contributed by atoms with Crippen molar-refractivity contribution in [3.63, 3.8) is 0 Å². The fourth-order valence-electron chi connectivity index (χ4n) is 2.22. The minimum absolute atomic E-state index is 0.116. The number of ether oxygens (including phenoxy) is 1. The maximum atomic E-state index is 12.3. The lowest BCUT2D eigenvalue weighted by molar-refractivity contribution is -0.123. The molecule has 2 aromatic rings. The Labute approximate surface area is 195 Å². The normalized spacial score (nSPS) is 12.0. The van der Waals surface area contributed by atoms with E-state index in [-0.39, 0.29) is 11.7 Å². The quantitative estimate of drug-likeness (QED) is 0.284. The summed E-state index contributed by atoms with van der Waals surface area (Å²) in [5.74, 6) is 0.0700. The van der Waals surface area contributed by atoms with E-state index in [1.165, 1.54) is 5.56 Å². The van der Waals surface area contributed by atoms with Crippen LogP contribution in [0.15, 0.2) is 48.5 Å². The number of thiocarbonyl (C=S) groups is 1. The van der Waals surface area contributed by atoms with Crippen LogP contribution in [-0.2, 0) is 11.2 Å². The van der Waals surface area contributed by atoms with Gasteiger partial charge in [-0.1, -0.05) is 77.6 Å². The van der Waals surface area contributed by atoms with Crippen LogP contribution in [0.1, 0.15) is 12.5 Å². The third-order valence-corrected chi connectivity index (χ3v) is 4.94. The van der Waals surface area contributed by atoms with E-state index in [2.05, 4.69) is 22.9 Å². The second-order valence-electron chi connectivity index (χ2n) is 5.91. The molecule has 1 amide bonds. The number of rotatable bonds is 7. The lowest BCUT2D eigenvalue weighted by Gasteiger charge is -2.27. The molecule has 2 rings (SSSR count). The number of hydrogen-bond donors (Lipinski definition) is 3. The molecule has 0 aromatic heterocycles. The average Bonchev–Trinajstić information content (AvgIpc) is 2.67. The molecule has 0 saturated carbocycles. The number of alkyl halides is 3. The molecule has 0 heterocycles. The summed E-state index contributed by atoms with van der Waals surface area (Å²) >= 11 is 29.2. The fraction of sp³-hybridized carbons (Fsp3) is 0.263. The zero-order valence-electron chi connectivity index (χ0n) is 15.3. The van der Waals surface area contributed by atoms with Crippen molar-refractivity contribution in [2.24, 2.45) is 0 Å². The number of hydrogen-bond acceptors (Lipinski definition) is 3. The summed E-state index contributed by atoms with van der Waals surface area (Å²) in [6.45, 7) is 1.80. The summed E-state index contributed by atoms with van der Waals surface area (Å²) in [6, 6.07) is 14.4. The molecule has 1 unspecified atom stereocenters. The molecular weight excluding hydrogens is 476 g/mol. The zero-order valence-corrected chi connectivity index (χ0v) is 19.2. The Morgan fingerprint density at radius 2 is 1.76 bits per heavy atom. The van der Waals surface area contributed by atoms with Gasteiger partial charge in [0, 0.05) is 0 Å². The van der Waals surface area contributed by atoms with Gasteiger partial charge in [-0.2, -0.15) is 0 Å². The van der Waals surface area contributed by atoms with Crippen LogP contribution in [0, 0.1) is 0 Å². The number of carbonyl (C=O) groups is 1. The number of carbonyl (C=O) groups excluding carboxylic acids is 1. The van der Waals surface area contributed by atoms with Crippen molar-refractivity contribution in [3.05, 3.63) is 59.1 Å². The van der Waals surface area contributed by atoms with Gasteiger partial charge in [0.25, 0.3) is 5.91 Å². The van der Waals surface area contributed by atoms with E-state index in [9.17, 15) is 4.79 Å². The molecule has 0 radical (unpaired) electrons. The van der Waals surface area contributed by atoms with Gasteiger partial charge in [-0.05, 0) is 48.5 Å². The Hall–Kier alpha value is -1.44. The van der Waals surface area contributed by atoms with Crippen molar-refractivity contribution < 1.29 is 9.53 Å². The van der Waals surface area contributed by atoms with Gasteiger partial charge in [0.1, 0.15) is 11.9 Å². The van der Waals surface area contributed by atoms with E-state index in [4.69, 9.17) is 63.4 Å². The van der Waals surface area contributed by atoms with Crippen LogP contribution in [0.25, 0.3) is 0 Å². The molecule has 29 heavy (non-hydrogen) atoms. The molecular formula is C19H19Cl4N3O2S. The minimum atomic E-state index is -1.87. The van der Waals surface area contributed by atoms with E-state index in [0.717, 1.165) is 6.42 Å². The smallest absolute Gasteiger partial charge is 0.259 e. The summed E-state index contributed by atoms with van der Waals surface area (Å²) in [6.07, 6.45) is -0.187. The molecule has 0 fully saturated rings. The van der Waals surface area contributed by atoms with Gasteiger partial charge in [0.15, 0.2) is 11.7 Å². The van der Waals surface area contributed by atoms with Crippen LogP contribution in [-0.4, -0.2) is 27.6 Å². The second kappa shape index (κ2) is 11.1. The van der Waals surface area contributed by atoms with E-state index < -0.39 is 15.9 Å². The van der Waals surface area contributed by atoms with Crippen molar-refractivity contribution in [2.45, 2.75) is 23.3 Å². The fourth-order valence-corrected chi connectivity index (χ4v) is 2.96. The van der Waals surface area contributed by atoms with Gasteiger partial charge >= 0.3 is 0 Å². The molecule has 156 valence electrons. The molecule has 2 aromatic carbocycles. The number of amides is 1. The first kappa shape index (κ1) is 23.8. The average molecular weight is 495 g/mol. The number of nitrogens with one attached hydrogen (secondary N) is 3. The predicted octanol–water partition coefficient (Wildman–Crippen LogP) is 5.08. The zero-order chi connectivity index (χ0) is 21.4. The van der Waals surface area contributed by atoms with Crippen molar-refractivity contribution in [1.29, 1.82) is 0 Å². The largest absolute Gasteiger partial charge is 0.484 e. The maximum Gasteiger partial charge on any atom is 0.259 e. The molecule has 0 aliphatic carbocycles. The number of anilines is 1. The van der Waals surface area contributed by atoms with E-state index in [1.807, 2.05) is 12.1 Å². The first-order chi connectivity index (χ1) is 13.7. The molecule has 5 nitrogen and oxygen atoms in total. The van der Waals surface area contributed by atoms with Crippen molar-refractivity contribution in [1.82, 2.24) is 10.6 Å². The lowest BCUT2D eigenvalue weighted by atomic mass is 10.2. The molecule has 0 bridgehead atoms. The topological polar surface area (TPSA) is 62.4 Å². The Bertz CT molecular complexity index is 844. The second-order valence-corrected chi connectivity index (χ2v) is 9.09. The molecule has 10 heteroatoms. The van der Waals surface area contributed by atoms with Crippen LogP contribution in [0.2, 0.25) is 5.02 Å². The molecule has 0 saturated heterocycles. The SMILES string of the molecule is CCc1ccc(OCC(=O)NC(NC(=S)Nc2ccccc2Cl)C(Cl)(Cl)Cl)cc1. The number of aryl methyl sites for hydroxylation is 1. The predicted molar refractivity (Wildman–Crippen MR) is 124 cm³/mol. The standard InChI is InChI=1S/C19H19Cl4N3O2S/c1-2-12-7-9-13(10-8-12)28-11-16(27)25-17(19(21,22)23)26-18(29)24-15-6-4-3-5-14(15)20/h3-10,17H,2,11H2,1H3,(H,25,27)(H2,24,26,29). The summed E-state index contributed by atoms with van der Waals surface area (Å²) in [5.41, 5.74) is 1.74. The number of para-hydroxylation sites is 1. The third kappa shape index (κ3) is 8.07. The highest BCUT2D eigenvalue weighted by Crippen LogP contribution is 2.29. The summed E-state index contributed by atoms with van der Waals surface area (Å²) in [4.78, 5) is 12.3. The summed E-state index contributed by atoms with van der Waals surface area (Å²) in [5, 5.41) is 8.77. The van der Waals surface area contributed by atoms with Crippen molar-refractivity contribution in [2.75, 3.05) is 11.9 Å². The van der Waals surface area contributed by atoms with Gasteiger partial charge in [0.05, 0.1) is 10.7 Å². The van der Waals surface area contributed by atoms with Crippen LogP contribution in [0.3, 0.4) is 0 Å². The Morgan fingerprint density at radius 3 is 2.34 bits per heavy atom. The van der Waals surface area contributed by atoms with Gasteiger partial charge in [-0.3, -0.25) is 4.79 Å². The van der Waals surface area contributed by atoms with E-state index >= 15 is 0 Å². The van der Waals surface area contributed by atoms with Crippen LogP contribution in [0.5, 0.6) is 5.75 Å². The number of halogens is 4.